The molecule has 0 spiro atoms. The van der Waals surface area contributed by atoms with Crippen LogP contribution >= 0.6 is 11.8 Å². The molecule has 5 nitrogen and oxygen atoms in total. The predicted octanol–water partition coefficient (Wildman–Crippen LogP) is 3.24. The average molecular weight is 359 g/mol. The number of rotatable bonds is 6. The summed E-state index contributed by atoms with van der Waals surface area (Å²) in [6.45, 7) is 1.87. The van der Waals surface area contributed by atoms with E-state index in [9.17, 15) is 14.7 Å². The summed E-state index contributed by atoms with van der Waals surface area (Å²) in [4.78, 5) is 26.8. The van der Waals surface area contributed by atoms with Crippen molar-refractivity contribution in [1.82, 2.24) is 4.90 Å². The molecule has 0 aliphatic rings. The van der Waals surface area contributed by atoms with Gasteiger partial charge in [0.15, 0.2) is 6.61 Å². The second kappa shape index (κ2) is 8.58. The van der Waals surface area contributed by atoms with Crippen molar-refractivity contribution >= 4 is 23.6 Å². The molecule has 0 radical (unpaired) electrons. The van der Waals surface area contributed by atoms with E-state index < -0.39 is 5.97 Å². The van der Waals surface area contributed by atoms with Crippen LogP contribution in [0.15, 0.2) is 47.4 Å². The van der Waals surface area contributed by atoms with E-state index in [1.807, 2.05) is 30.5 Å². The van der Waals surface area contributed by atoms with E-state index in [4.69, 9.17) is 4.74 Å². The summed E-state index contributed by atoms with van der Waals surface area (Å²) in [7, 11) is 1.65. The molecule has 1 N–H and O–H groups in total. The molecule has 2 aromatic rings. The van der Waals surface area contributed by atoms with Crippen LogP contribution in [0.3, 0.4) is 0 Å². The molecule has 0 saturated carbocycles. The fourth-order valence-corrected chi connectivity index (χ4v) is 2.63. The van der Waals surface area contributed by atoms with Crippen molar-refractivity contribution < 1.29 is 19.4 Å². The third-order valence-corrected chi connectivity index (χ3v) is 4.45. The highest BCUT2D eigenvalue weighted by atomic mass is 32.2. The number of hydrogen-bond donors (Lipinski definition) is 1. The Morgan fingerprint density at radius 3 is 2.44 bits per heavy atom. The van der Waals surface area contributed by atoms with Crippen molar-refractivity contribution in [3.05, 3.63) is 59.2 Å². The fraction of sp³-hybridized carbons (Fsp3) is 0.263. The predicted molar refractivity (Wildman–Crippen MR) is 97.8 cm³/mol. The molecule has 0 unspecified atom stereocenters. The number of amides is 1. The summed E-state index contributed by atoms with van der Waals surface area (Å²) < 4.78 is 5.01. The molecular weight excluding hydrogens is 338 g/mol. The van der Waals surface area contributed by atoms with Gasteiger partial charge in [-0.25, -0.2) is 4.79 Å². The molecule has 2 rings (SSSR count). The number of thioether (sulfide) groups is 1. The van der Waals surface area contributed by atoms with Crippen molar-refractivity contribution in [3.8, 4) is 5.75 Å². The summed E-state index contributed by atoms with van der Waals surface area (Å²) in [6.07, 6.45) is 2.00. The molecule has 0 aliphatic carbocycles. The standard InChI is InChI=1S/C19H21NO4S/c1-13-4-9-16(17(21)10-13)19(23)24-12-18(22)20(2)11-14-5-7-15(25-3)8-6-14/h4-10,21H,11-12H2,1-3H3. The summed E-state index contributed by atoms with van der Waals surface area (Å²) in [5.41, 5.74) is 1.88. The highest BCUT2D eigenvalue weighted by Crippen LogP contribution is 2.19. The quantitative estimate of drug-likeness (QED) is 0.633. The number of likely N-dealkylation sites (N-methyl/N-ethyl adjacent to an activating group) is 1. The number of phenolic OH excluding ortho intramolecular Hbond substituents is 1. The van der Waals surface area contributed by atoms with Crippen LogP contribution in [-0.4, -0.2) is 41.8 Å². The van der Waals surface area contributed by atoms with E-state index in [0.29, 0.717) is 6.54 Å². The Morgan fingerprint density at radius 2 is 1.84 bits per heavy atom. The maximum Gasteiger partial charge on any atom is 0.342 e. The number of ether oxygens (including phenoxy) is 1. The SMILES string of the molecule is CSc1ccc(CN(C)C(=O)COC(=O)c2ccc(C)cc2O)cc1. The van der Waals surface area contributed by atoms with Crippen LogP contribution in [0.4, 0.5) is 0 Å². The minimum Gasteiger partial charge on any atom is -0.507 e. The molecule has 25 heavy (non-hydrogen) atoms. The normalized spacial score (nSPS) is 10.4. The Labute approximate surface area is 151 Å². The van der Waals surface area contributed by atoms with Crippen LogP contribution in [-0.2, 0) is 16.1 Å². The Kier molecular flexibility index (Phi) is 6.47. The molecule has 0 saturated heterocycles. The molecule has 0 bridgehead atoms. The fourth-order valence-electron chi connectivity index (χ4n) is 2.22. The van der Waals surface area contributed by atoms with Gasteiger partial charge in [0, 0.05) is 18.5 Å². The first-order valence-corrected chi connectivity index (χ1v) is 8.97. The zero-order valence-electron chi connectivity index (χ0n) is 14.5. The number of aromatic hydroxyl groups is 1. The monoisotopic (exact) mass is 359 g/mol. The molecular formula is C19H21NO4S. The second-order valence-corrected chi connectivity index (χ2v) is 6.57. The van der Waals surface area contributed by atoms with Gasteiger partial charge in [0.25, 0.3) is 5.91 Å². The number of nitrogens with zero attached hydrogens (tertiary/aromatic N) is 1. The number of esters is 1. The number of benzene rings is 2. The number of hydrogen-bond acceptors (Lipinski definition) is 5. The molecule has 6 heteroatoms. The molecule has 0 aromatic heterocycles. The lowest BCUT2D eigenvalue weighted by Crippen LogP contribution is -2.30. The first kappa shape index (κ1) is 18.9. The van der Waals surface area contributed by atoms with Gasteiger partial charge in [0.1, 0.15) is 11.3 Å². The number of aryl methyl sites for hydroxylation is 1. The minimum absolute atomic E-state index is 0.0497. The lowest BCUT2D eigenvalue weighted by atomic mass is 10.1. The lowest BCUT2D eigenvalue weighted by molar-refractivity contribution is -0.133. The largest absolute Gasteiger partial charge is 0.507 e. The Balaban J connectivity index is 1.88. The van der Waals surface area contributed by atoms with E-state index in [1.165, 1.54) is 17.0 Å². The summed E-state index contributed by atoms with van der Waals surface area (Å²) >= 11 is 1.66. The number of phenols is 1. The second-order valence-electron chi connectivity index (χ2n) is 5.69. The van der Waals surface area contributed by atoms with Gasteiger partial charge in [-0.15, -0.1) is 11.8 Å². The molecule has 0 aliphatic heterocycles. The molecule has 2 aromatic carbocycles. The molecule has 0 atom stereocenters. The summed E-state index contributed by atoms with van der Waals surface area (Å²) in [6, 6.07) is 12.6. The van der Waals surface area contributed by atoms with Crippen LogP contribution in [0.5, 0.6) is 5.75 Å². The summed E-state index contributed by atoms with van der Waals surface area (Å²) in [5.74, 6) is -1.18. The van der Waals surface area contributed by atoms with Crippen LogP contribution < -0.4 is 0 Å². The van der Waals surface area contributed by atoms with Gasteiger partial charge in [-0.05, 0) is 48.6 Å². The number of carbonyl (C=O) groups is 2. The highest BCUT2D eigenvalue weighted by molar-refractivity contribution is 7.98. The maximum absolute atomic E-state index is 12.1. The highest BCUT2D eigenvalue weighted by Gasteiger charge is 2.16. The van der Waals surface area contributed by atoms with E-state index in [1.54, 1.807) is 31.8 Å². The third-order valence-electron chi connectivity index (χ3n) is 3.70. The minimum atomic E-state index is -0.719. The van der Waals surface area contributed by atoms with Crippen molar-refractivity contribution in [2.24, 2.45) is 0 Å². The third kappa shape index (κ3) is 5.26. The molecule has 1 amide bonds. The van der Waals surface area contributed by atoms with Gasteiger partial charge >= 0.3 is 5.97 Å². The molecule has 0 fully saturated rings. The van der Waals surface area contributed by atoms with Gasteiger partial charge in [-0.2, -0.15) is 0 Å². The molecule has 132 valence electrons. The van der Waals surface area contributed by atoms with Crippen LogP contribution in [0, 0.1) is 6.92 Å². The van der Waals surface area contributed by atoms with E-state index >= 15 is 0 Å². The van der Waals surface area contributed by atoms with Crippen molar-refractivity contribution in [1.29, 1.82) is 0 Å². The Hall–Kier alpha value is -2.47. The van der Waals surface area contributed by atoms with Crippen LogP contribution in [0.2, 0.25) is 0 Å². The van der Waals surface area contributed by atoms with Crippen molar-refractivity contribution in [3.63, 3.8) is 0 Å². The van der Waals surface area contributed by atoms with E-state index in [2.05, 4.69) is 0 Å². The van der Waals surface area contributed by atoms with Crippen molar-refractivity contribution in [2.45, 2.75) is 18.4 Å². The van der Waals surface area contributed by atoms with E-state index in [-0.39, 0.29) is 23.8 Å². The van der Waals surface area contributed by atoms with Crippen LogP contribution in [0.1, 0.15) is 21.5 Å². The lowest BCUT2D eigenvalue weighted by Gasteiger charge is -2.17. The number of carbonyl (C=O) groups excluding carboxylic acids is 2. The van der Waals surface area contributed by atoms with E-state index in [0.717, 1.165) is 16.0 Å². The maximum atomic E-state index is 12.1. The van der Waals surface area contributed by atoms with Gasteiger partial charge in [0.05, 0.1) is 0 Å². The van der Waals surface area contributed by atoms with Gasteiger partial charge < -0.3 is 14.7 Å². The summed E-state index contributed by atoms with van der Waals surface area (Å²) in [5, 5.41) is 9.78. The topological polar surface area (TPSA) is 66.8 Å². The Morgan fingerprint density at radius 1 is 1.16 bits per heavy atom. The smallest absolute Gasteiger partial charge is 0.342 e. The average Bonchev–Trinajstić information content (AvgIpc) is 2.60. The van der Waals surface area contributed by atoms with Crippen LogP contribution in [0.25, 0.3) is 0 Å². The van der Waals surface area contributed by atoms with Gasteiger partial charge in [-0.1, -0.05) is 18.2 Å². The first-order valence-electron chi connectivity index (χ1n) is 7.74. The Bertz CT molecular complexity index is 759. The van der Waals surface area contributed by atoms with Crippen molar-refractivity contribution in [2.75, 3.05) is 19.9 Å². The van der Waals surface area contributed by atoms with Gasteiger partial charge in [-0.3, -0.25) is 4.79 Å². The molecule has 0 heterocycles. The van der Waals surface area contributed by atoms with Gasteiger partial charge in [0.2, 0.25) is 0 Å². The zero-order chi connectivity index (χ0) is 18.4. The zero-order valence-corrected chi connectivity index (χ0v) is 15.3. The first-order chi connectivity index (χ1) is 11.9.